The Bertz CT molecular complexity index is 526. The summed E-state index contributed by atoms with van der Waals surface area (Å²) < 4.78 is 1.40. The van der Waals surface area contributed by atoms with Crippen LogP contribution in [0.1, 0.15) is 23.2 Å². The number of aryl methyl sites for hydroxylation is 1. The van der Waals surface area contributed by atoms with Crippen molar-refractivity contribution in [3.63, 3.8) is 0 Å². The molecule has 0 saturated carbocycles. The lowest BCUT2D eigenvalue weighted by molar-refractivity contribution is -0.122. The molecule has 1 aromatic heterocycles. The Labute approximate surface area is 104 Å². The van der Waals surface area contributed by atoms with Crippen molar-refractivity contribution in [1.29, 1.82) is 0 Å². The van der Waals surface area contributed by atoms with Gasteiger partial charge in [0.25, 0.3) is 11.5 Å². The predicted octanol–water partition coefficient (Wildman–Crippen LogP) is -0.606. The Balaban J connectivity index is 2.01. The highest BCUT2D eigenvalue weighted by atomic mass is 16.2. The van der Waals surface area contributed by atoms with Crippen LogP contribution >= 0.6 is 0 Å². The molecule has 6 heteroatoms. The highest BCUT2D eigenvalue weighted by Crippen LogP contribution is 2.04. The Hall–Kier alpha value is -2.11. The normalized spacial score (nSPS) is 19.2. The van der Waals surface area contributed by atoms with Crippen LogP contribution in [0.25, 0.3) is 0 Å². The zero-order valence-electron chi connectivity index (χ0n) is 10.1. The summed E-state index contributed by atoms with van der Waals surface area (Å²) in [6, 6.07) is 2.83. The maximum absolute atomic E-state index is 11.9. The van der Waals surface area contributed by atoms with Crippen molar-refractivity contribution in [3.8, 4) is 0 Å². The number of pyridine rings is 1. The second-order valence-electron chi connectivity index (χ2n) is 4.38. The number of piperidine rings is 1. The summed E-state index contributed by atoms with van der Waals surface area (Å²) in [4.78, 5) is 34.3. The van der Waals surface area contributed by atoms with Gasteiger partial charge in [-0.15, -0.1) is 0 Å². The Morgan fingerprint density at radius 3 is 2.89 bits per heavy atom. The van der Waals surface area contributed by atoms with Gasteiger partial charge in [-0.3, -0.25) is 14.4 Å². The van der Waals surface area contributed by atoms with Crippen molar-refractivity contribution in [2.45, 2.75) is 18.9 Å². The van der Waals surface area contributed by atoms with Gasteiger partial charge in [-0.25, -0.2) is 0 Å². The second kappa shape index (κ2) is 5.03. The van der Waals surface area contributed by atoms with Crippen LogP contribution in [0, 0.1) is 0 Å². The molecular formula is C12H15N3O3. The molecule has 1 saturated heterocycles. The molecule has 1 aliphatic heterocycles. The van der Waals surface area contributed by atoms with E-state index in [1.807, 2.05) is 0 Å². The molecule has 0 radical (unpaired) electrons. The number of carbonyl (C=O) groups is 2. The lowest BCUT2D eigenvalue weighted by Crippen LogP contribution is -2.47. The number of hydrogen-bond acceptors (Lipinski definition) is 3. The van der Waals surface area contributed by atoms with Crippen LogP contribution in [-0.2, 0) is 11.8 Å². The lowest BCUT2D eigenvalue weighted by atomic mass is 10.1. The Morgan fingerprint density at radius 1 is 1.50 bits per heavy atom. The van der Waals surface area contributed by atoms with E-state index in [1.54, 1.807) is 19.3 Å². The zero-order chi connectivity index (χ0) is 13.1. The topological polar surface area (TPSA) is 80.2 Å². The van der Waals surface area contributed by atoms with Gasteiger partial charge in [0, 0.05) is 43.9 Å². The predicted molar refractivity (Wildman–Crippen MR) is 65.2 cm³/mol. The molecular weight excluding hydrogens is 234 g/mol. The van der Waals surface area contributed by atoms with E-state index >= 15 is 0 Å². The molecule has 18 heavy (non-hydrogen) atoms. The maximum Gasteiger partial charge on any atom is 0.251 e. The van der Waals surface area contributed by atoms with Gasteiger partial charge in [-0.1, -0.05) is 0 Å². The fraction of sp³-hybridized carbons (Fsp3) is 0.417. The number of amides is 2. The summed E-state index contributed by atoms with van der Waals surface area (Å²) in [5.74, 6) is -0.275. The third-order valence-corrected chi connectivity index (χ3v) is 2.97. The second-order valence-corrected chi connectivity index (χ2v) is 4.38. The molecule has 6 nitrogen and oxygen atoms in total. The van der Waals surface area contributed by atoms with Crippen molar-refractivity contribution in [3.05, 3.63) is 34.2 Å². The van der Waals surface area contributed by atoms with E-state index in [-0.39, 0.29) is 23.4 Å². The molecule has 96 valence electrons. The monoisotopic (exact) mass is 249 g/mol. The van der Waals surface area contributed by atoms with Crippen molar-refractivity contribution in [1.82, 2.24) is 15.2 Å². The molecule has 1 aromatic rings. The van der Waals surface area contributed by atoms with Crippen molar-refractivity contribution >= 4 is 11.8 Å². The van der Waals surface area contributed by atoms with E-state index in [1.165, 1.54) is 10.6 Å². The van der Waals surface area contributed by atoms with Crippen LogP contribution in [0.5, 0.6) is 0 Å². The molecule has 1 unspecified atom stereocenters. The molecule has 0 spiro atoms. The molecule has 0 aliphatic carbocycles. The van der Waals surface area contributed by atoms with Gasteiger partial charge in [0.1, 0.15) is 0 Å². The minimum atomic E-state index is -0.283. The molecule has 0 aromatic carbocycles. The van der Waals surface area contributed by atoms with Crippen LogP contribution in [0.4, 0.5) is 0 Å². The summed E-state index contributed by atoms with van der Waals surface area (Å²) in [5, 5.41) is 5.49. The molecule has 2 amide bonds. The van der Waals surface area contributed by atoms with Gasteiger partial charge in [-0.2, -0.15) is 0 Å². The first-order valence-electron chi connectivity index (χ1n) is 5.80. The summed E-state index contributed by atoms with van der Waals surface area (Å²) in [6.07, 6.45) is 2.60. The van der Waals surface area contributed by atoms with Crippen molar-refractivity contribution < 1.29 is 9.59 Å². The molecule has 2 rings (SSSR count). The quantitative estimate of drug-likeness (QED) is 0.734. The number of rotatable bonds is 2. The standard InChI is InChI=1S/C12H15N3O3/c1-15-5-4-8(6-11(15)17)12(18)14-9-2-3-10(16)13-7-9/h4-6,9H,2-3,7H2,1H3,(H,13,16)(H,14,18). The van der Waals surface area contributed by atoms with Gasteiger partial charge >= 0.3 is 0 Å². The number of carbonyl (C=O) groups excluding carboxylic acids is 2. The van der Waals surface area contributed by atoms with Crippen LogP contribution in [0.2, 0.25) is 0 Å². The Kier molecular flexibility index (Phi) is 3.45. The van der Waals surface area contributed by atoms with Crippen molar-refractivity contribution in [2.24, 2.45) is 7.05 Å². The summed E-state index contributed by atoms with van der Waals surface area (Å²) in [6.45, 7) is 0.440. The van der Waals surface area contributed by atoms with E-state index in [9.17, 15) is 14.4 Å². The fourth-order valence-electron chi connectivity index (χ4n) is 1.81. The van der Waals surface area contributed by atoms with E-state index in [2.05, 4.69) is 10.6 Å². The van der Waals surface area contributed by atoms with Gasteiger partial charge in [-0.05, 0) is 12.5 Å². The first-order valence-corrected chi connectivity index (χ1v) is 5.80. The average molecular weight is 249 g/mol. The number of aromatic nitrogens is 1. The highest BCUT2D eigenvalue weighted by Gasteiger charge is 2.20. The summed E-state index contributed by atoms with van der Waals surface area (Å²) in [5.41, 5.74) is 0.120. The molecule has 2 heterocycles. The van der Waals surface area contributed by atoms with E-state index in [0.717, 1.165) is 0 Å². The fourth-order valence-corrected chi connectivity index (χ4v) is 1.81. The minimum Gasteiger partial charge on any atom is -0.354 e. The SMILES string of the molecule is Cn1ccc(C(=O)NC2CCC(=O)NC2)cc1=O. The van der Waals surface area contributed by atoms with Gasteiger partial charge in [0.2, 0.25) is 5.91 Å². The molecule has 2 N–H and O–H groups in total. The molecule has 1 fully saturated rings. The van der Waals surface area contributed by atoms with Crippen LogP contribution in [-0.4, -0.2) is 29.0 Å². The number of hydrogen-bond donors (Lipinski definition) is 2. The summed E-state index contributed by atoms with van der Waals surface area (Å²) in [7, 11) is 1.63. The zero-order valence-corrected chi connectivity index (χ0v) is 10.1. The van der Waals surface area contributed by atoms with Gasteiger partial charge in [0.05, 0.1) is 0 Å². The van der Waals surface area contributed by atoms with E-state index < -0.39 is 0 Å². The largest absolute Gasteiger partial charge is 0.354 e. The van der Waals surface area contributed by atoms with E-state index in [0.29, 0.717) is 24.9 Å². The third kappa shape index (κ3) is 2.77. The average Bonchev–Trinajstić information content (AvgIpc) is 2.35. The van der Waals surface area contributed by atoms with Gasteiger partial charge < -0.3 is 15.2 Å². The minimum absolute atomic E-state index is 0.00841. The maximum atomic E-state index is 11.9. The molecule has 1 aliphatic rings. The number of nitrogens with zero attached hydrogens (tertiary/aromatic N) is 1. The third-order valence-electron chi connectivity index (χ3n) is 2.97. The number of nitrogens with one attached hydrogen (secondary N) is 2. The highest BCUT2D eigenvalue weighted by molar-refractivity contribution is 5.94. The van der Waals surface area contributed by atoms with Crippen LogP contribution in [0.3, 0.4) is 0 Å². The van der Waals surface area contributed by atoms with Crippen molar-refractivity contribution in [2.75, 3.05) is 6.54 Å². The van der Waals surface area contributed by atoms with Gasteiger partial charge in [0.15, 0.2) is 0 Å². The smallest absolute Gasteiger partial charge is 0.251 e. The molecule has 0 bridgehead atoms. The Morgan fingerprint density at radius 2 is 2.28 bits per heavy atom. The van der Waals surface area contributed by atoms with Crippen LogP contribution in [0.15, 0.2) is 23.1 Å². The first-order chi connectivity index (χ1) is 8.56. The first kappa shape index (κ1) is 12.3. The van der Waals surface area contributed by atoms with E-state index in [4.69, 9.17) is 0 Å². The lowest BCUT2D eigenvalue weighted by Gasteiger charge is -2.23. The van der Waals surface area contributed by atoms with Crippen LogP contribution < -0.4 is 16.2 Å². The summed E-state index contributed by atoms with van der Waals surface area (Å²) >= 11 is 0. The molecule has 1 atom stereocenters.